The van der Waals surface area contributed by atoms with Crippen molar-refractivity contribution in [2.24, 2.45) is 0 Å². The van der Waals surface area contributed by atoms with Crippen LogP contribution in [0.2, 0.25) is 0 Å². The Morgan fingerprint density at radius 3 is 2.60 bits per heavy atom. The first-order chi connectivity index (χ1) is 12.0. The van der Waals surface area contributed by atoms with Crippen molar-refractivity contribution in [2.75, 3.05) is 6.61 Å². The highest BCUT2D eigenvalue weighted by molar-refractivity contribution is 6.03. The summed E-state index contributed by atoms with van der Waals surface area (Å²) in [5, 5.41) is 21.7. The van der Waals surface area contributed by atoms with Crippen LogP contribution in [0.4, 0.5) is 0 Å². The molecule has 2 rings (SSSR count). The molecule has 1 unspecified atom stereocenters. The van der Waals surface area contributed by atoms with Gasteiger partial charge in [0.1, 0.15) is 0 Å². The summed E-state index contributed by atoms with van der Waals surface area (Å²) in [4.78, 5) is 35.7. The van der Waals surface area contributed by atoms with Crippen molar-refractivity contribution >= 4 is 18.2 Å². The Balaban J connectivity index is 2.80. The molecule has 0 saturated heterocycles. The smallest absolute Gasteiger partial charge is 0.337 e. The van der Waals surface area contributed by atoms with E-state index in [1.807, 2.05) is 6.07 Å². The lowest BCUT2D eigenvalue weighted by Crippen LogP contribution is -2.33. The molecule has 1 aliphatic rings. The minimum absolute atomic E-state index is 0.0617. The number of hydrogen-bond acceptors (Lipinski definition) is 6. The Labute approximate surface area is 144 Å². The molecule has 25 heavy (non-hydrogen) atoms. The molecule has 7 nitrogen and oxygen atoms in total. The third-order valence-electron chi connectivity index (χ3n) is 3.83. The zero-order chi connectivity index (χ0) is 18.6. The molecule has 0 aliphatic carbocycles. The molecule has 128 valence electrons. The van der Waals surface area contributed by atoms with Crippen LogP contribution in [0, 0.1) is 11.3 Å². The zero-order valence-corrected chi connectivity index (χ0v) is 13.7. The number of carbonyl (C=O) groups excluding carboxylic acids is 2. The number of nitrogens with zero attached hydrogens (tertiary/aromatic N) is 1. The van der Waals surface area contributed by atoms with Crippen LogP contribution in [-0.4, -0.2) is 29.9 Å². The van der Waals surface area contributed by atoms with Crippen molar-refractivity contribution in [1.29, 1.82) is 5.26 Å². The van der Waals surface area contributed by atoms with Gasteiger partial charge >= 0.3 is 11.9 Å². The third-order valence-corrected chi connectivity index (χ3v) is 3.83. The molecule has 0 aromatic heterocycles. The van der Waals surface area contributed by atoms with Gasteiger partial charge in [-0.3, -0.25) is 4.79 Å². The van der Waals surface area contributed by atoms with Gasteiger partial charge in [0.05, 0.1) is 41.0 Å². The number of aliphatic carboxylic acids is 1. The van der Waals surface area contributed by atoms with Crippen LogP contribution in [0.1, 0.15) is 30.9 Å². The predicted molar refractivity (Wildman–Crippen MR) is 87.1 cm³/mol. The molecule has 1 aromatic carbocycles. The van der Waals surface area contributed by atoms with E-state index in [9.17, 15) is 24.8 Å². The van der Waals surface area contributed by atoms with Gasteiger partial charge in [-0.15, -0.1) is 0 Å². The highest BCUT2D eigenvalue weighted by Gasteiger charge is 2.39. The van der Waals surface area contributed by atoms with Crippen LogP contribution < -0.4 is 5.32 Å². The molecule has 7 heteroatoms. The van der Waals surface area contributed by atoms with Gasteiger partial charge in [0.15, 0.2) is 6.29 Å². The SMILES string of the molecule is CCOC(=O)C1=C(C=O)NC(C)=C(C(=O)O)C1c1ccccc1C#N. The van der Waals surface area contributed by atoms with Crippen LogP contribution in [0.25, 0.3) is 0 Å². The molecule has 2 N–H and O–H groups in total. The fourth-order valence-corrected chi connectivity index (χ4v) is 2.83. The van der Waals surface area contributed by atoms with Gasteiger partial charge in [0.25, 0.3) is 0 Å². The summed E-state index contributed by atoms with van der Waals surface area (Å²) >= 11 is 0. The summed E-state index contributed by atoms with van der Waals surface area (Å²) < 4.78 is 5.01. The van der Waals surface area contributed by atoms with Gasteiger partial charge in [-0.2, -0.15) is 5.26 Å². The van der Waals surface area contributed by atoms with Crippen LogP contribution in [0.15, 0.2) is 46.8 Å². The van der Waals surface area contributed by atoms with Crippen LogP contribution >= 0.6 is 0 Å². The van der Waals surface area contributed by atoms with Crippen LogP contribution in [0.3, 0.4) is 0 Å². The molecule has 1 aliphatic heterocycles. The maximum Gasteiger partial charge on any atom is 0.337 e. The van der Waals surface area contributed by atoms with E-state index in [0.29, 0.717) is 11.8 Å². The van der Waals surface area contributed by atoms with E-state index in [0.717, 1.165) is 0 Å². The number of hydrogen-bond donors (Lipinski definition) is 2. The molecular formula is C18H16N2O5. The van der Waals surface area contributed by atoms with Crippen LogP contribution in [-0.2, 0) is 19.1 Å². The molecule has 0 spiro atoms. The number of benzene rings is 1. The van der Waals surface area contributed by atoms with Gasteiger partial charge in [0, 0.05) is 5.70 Å². The quantitative estimate of drug-likeness (QED) is 0.618. The minimum atomic E-state index is -1.26. The van der Waals surface area contributed by atoms with Crippen molar-refractivity contribution in [2.45, 2.75) is 19.8 Å². The predicted octanol–water partition coefficient (Wildman–Crippen LogP) is 1.62. The first-order valence-corrected chi connectivity index (χ1v) is 7.52. The second-order valence-corrected chi connectivity index (χ2v) is 5.27. The normalized spacial score (nSPS) is 16.8. The Morgan fingerprint density at radius 2 is 2.04 bits per heavy atom. The lowest BCUT2D eigenvalue weighted by atomic mass is 9.79. The Hall–Kier alpha value is -3.40. The molecule has 0 radical (unpaired) electrons. The Bertz CT molecular complexity index is 845. The summed E-state index contributed by atoms with van der Waals surface area (Å²) in [6, 6.07) is 8.35. The standard InChI is InChI=1S/C18H16N2O5/c1-3-25-18(24)16-13(9-21)20-10(2)14(17(22)23)15(16)12-7-5-4-6-11(12)8-19/h4-7,9,15,20H,3H2,1-2H3,(H,22,23). The Kier molecular flexibility index (Phi) is 5.35. The average Bonchev–Trinajstić information content (AvgIpc) is 2.60. The highest BCUT2D eigenvalue weighted by atomic mass is 16.5. The number of dihydropyridines is 1. The van der Waals surface area contributed by atoms with Gasteiger partial charge in [-0.25, -0.2) is 9.59 Å². The number of ether oxygens (including phenoxy) is 1. The van der Waals surface area contributed by atoms with Crippen molar-refractivity contribution in [1.82, 2.24) is 5.32 Å². The number of allylic oxidation sites excluding steroid dienone is 2. The number of nitriles is 1. The molecular weight excluding hydrogens is 324 g/mol. The van der Waals surface area contributed by atoms with E-state index in [4.69, 9.17) is 4.74 Å². The number of rotatable bonds is 5. The molecule has 1 heterocycles. The van der Waals surface area contributed by atoms with E-state index in [1.54, 1.807) is 25.1 Å². The van der Waals surface area contributed by atoms with Gasteiger partial charge in [-0.1, -0.05) is 18.2 Å². The van der Waals surface area contributed by atoms with Gasteiger partial charge in [0.2, 0.25) is 0 Å². The van der Waals surface area contributed by atoms with E-state index in [2.05, 4.69) is 5.32 Å². The first-order valence-electron chi connectivity index (χ1n) is 7.52. The number of nitrogens with one attached hydrogen (secondary N) is 1. The second-order valence-electron chi connectivity index (χ2n) is 5.27. The monoisotopic (exact) mass is 340 g/mol. The van der Waals surface area contributed by atoms with Gasteiger partial charge in [-0.05, 0) is 25.5 Å². The zero-order valence-electron chi connectivity index (χ0n) is 13.7. The number of carbonyl (C=O) groups is 3. The minimum Gasteiger partial charge on any atom is -0.478 e. The first kappa shape index (κ1) is 17.9. The molecule has 0 saturated carbocycles. The summed E-state index contributed by atoms with van der Waals surface area (Å²) in [5.74, 6) is -3.15. The lowest BCUT2D eigenvalue weighted by molar-refractivity contribution is -0.139. The number of esters is 1. The van der Waals surface area contributed by atoms with Crippen molar-refractivity contribution in [3.8, 4) is 6.07 Å². The molecule has 0 amide bonds. The van der Waals surface area contributed by atoms with E-state index in [-0.39, 0.29) is 34.7 Å². The highest BCUT2D eigenvalue weighted by Crippen LogP contribution is 2.39. The maximum absolute atomic E-state index is 12.4. The maximum atomic E-state index is 12.4. The fourth-order valence-electron chi connectivity index (χ4n) is 2.83. The molecule has 1 aromatic rings. The number of carboxylic acids is 1. The number of aldehydes is 1. The second kappa shape index (κ2) is 7.45. The summed E-state index contributed by atoms with van der Waals surface area (Å²) in [7, 11) is 0. The summed E-state index contributed by atoms with van der Waals surface area (Å²) in [6.45, 7) is 3.16. The van der Waals surface area contributed by atoms with Crippen LogP contribution in [0.5, 0.6) is 0 Å². The summed E-state index contributed by atoms with van der Waals surface area (Å²) in [6.07, 6.45) is 0.441. The summed E-state index contributed by atoms with van der Waals surface area (Å²) in [5.41, 5.74) is 0.455. The number of carboxylic acid groups (broad SMARTS) is 1. The third kappa shape index (κ3) is 3.28. The van der Waals surface area contributed by atoms with E-state index >= 15 is 0 Å². The van der Waals surface area contributed by atoms with E-state index < -0.39 is 17.9 Å². The van der Waals surface area contributed by atoms with Crippen molar-refractivity contribution < 1.29 is 24.2 Å². The van der Waals surface area contributed by atoms with Crippen molar-refractivity contribution in [3.63, 3.8) is 0 Å². The Morgan fingerprint density at radius 1 is 1.36 bits per heavy atom. The molecule has 0 bridgehead atoms. The molecule has 0 fully saturated rings. The largest absolute Gasteiger partial charge is 0.478 e. The average molecular weight is 340 g/mol. The van der Waals surface area contributed by atoms with Gasteiger partial charge < -0.3 is 15.2 Å². The van der Waals surface area contributed by atoms with Crippen molar-refractivity contribution in [3.05, 3.63) is 57.9 Å². The molecule has 1 atom stereocenters. The fraction of sp³-hybridized carbons (Fsp3) is 0.222. The lowest BCUT2D eigenvalue weighted by Gasteiger charge is -2.29. The topological polar surface area (TPSA) is 116 Å². The van der Waals surface area contributed by atoms with E-state index in [1.165, 1.54) is 13.0 Å².